The van der Waals surface area contributed by atoms with Crippen molar-refractivity contribution in [2.75, 3.05) is 20.1 Å². The quantitative estimate of drug-likeness (QED) is 0.876. The van der Waals surface area contributed by atoms with E-state index in [1.54, 1.807) is 6.20 Å². The third-order valence-corrected chi connectivity index (χ3v) is 4.63. The summed E-state index contributed by atoms with van der Waals surface area (Å²) in [4.78, 5) is 15.7. The van der Waals surface area contributed by atoms with E-state index >= 15 is 0 Å². The zero-order valence-corrected chi connectivity index (χ0v) is 14.1. The first-order valence-corrected chi connectivity index (χ1v) is 8.26. The summed E-state index contributed by atoms with van der Waals surface area (Å²) >= 11 is 0. The van der Waals surface area contributed by atoms with Crippen LogP contribution in [0.5, 0.6) is 0 Å². The van der Waals surface area contributed by atoms with Crippen LogP contribution in [0.25, 0.3) is 0 Å². The summed E-state index contributed by atoms with van der Waals surface area (Å²) < 4.78 is 0. The highest BCUT2D eigenvalue weighted by Crippen LogP contribution is 2.29. The molecule has 3 heterocycles. The van der Waals surface area contributed by atoms with Crippen molar-refractivity contribution in [2.24, 2.45) is 27.4 Å². The number of likely N-dealkylation sites (tertiary alicyclic amines) is 1. The third kappa shape index (κ3) is 3.29. The molecule has 0 saturated carbocycles. The monoisotopic (exact) mass is 324 g/mol. The Labute approximate surface area is 142 Å². The fourth-order valence-corrected chi connectivity index (χ4v) is 3.15. The first-order valence-electron chi connectivity index (χ1n) is 8.26. The zero-order valence-electron chi connectivity index (χ0n) is 14.1. The molecule has 126 valence electrons. The lowest BCUT2D eigenvalue weighted by atomic mass is 9.88. The van der Waals surface area contributed by atoms with Crippen molar-refractivity contribution in [1.82, 2.24) is 9.88 Å². The van der Waals surface area contributed by atoms with Crippen LogP contribution in [0.3, 0.4) is 0 Å². The Hall–Kier alpha value is -2.31. The molecule has 1 aromatic heterocycles. The summed E-state index contributed by atoms with van der Waals surface area (Å²) in [5.74, 6) is 1.50. The highest BCUT2D eigenvalue weighted by molar-refractivity contribution is 6.17. The van der Waals surface area contributed by atoms with Crippen molar-refractivity contribution in [3.63, 3.8) is 0 Å². The number of aliphatic imine (C=N–C) groups is 2. The summed E-state index contributed by atoms with van der Waals surface area (Å²) in [6, 6.07) is 3.81. The molecule has 0 aliphatic carbocycles. The van der Waals surface area contributed by atoms with Crippen molar-refractivity contribution in [3.8, 4) is 0 Å². The molecule has 24 heavy (non-hydrogen) atoms. The SMILES string of the molecule is C=C/C(=C1/N=C(c2ccc(CN)nc2)N=C1N)C1CCN(C)CC1. The zero-order chi connectivity index (χ0) is 17.1. The number of nitrogens with two attached hydrogens (primary N) is 2. The minimum atomic E-state index is 0.417. The van der Waals surface area contributed by atoms with E-state index in [1.165, 1.54) is 0 Å². The number of allylic oxidation sites excluding steroid dienone is 2. The number of rotatable bonds is 4. The molecule has 0 aromatic carbocycles. The van der Waals surface area contributed by atoms with Crippen LogP contribution in [-0.4, -0.2) is 41.7 Å². The van der Waals surface area contributed by atoms with Gasteiger partial charge < -0.3 is 16.4 Å². The standard InChI is InChI=1S/C18H24N6/c1-3-15(12-6-8-24(2)9-7-12)16-17(20)23-18(22-16)13-4-5-14(10-19)21-11-13/h3-5,11-12H,1,6-10,19H2,2H3,(H2,20,22,23)/b16-15-. The van der Waals surface area contributed by atoms with Gasteiger partial charge in [-0.1, -0.05) is 12.7 Å². The molecular formula is C18H24N6. The van der Waals surface area contributed by atoms with Gasteiger partial charge in [0, 0.05) is 18.3 Å². The van der Waals surface area contributed by atoms with Gasteiger partial charge in [-0.05, 0) is 56.6 Å². The van der Waals surface area contributed by atoms with Crippen molar-refractivity contribution >= 4 is 11.7 Å². The second-order valence-corrected chi connectivity index (χ2v) is 6.26. The molecule has 1 saturated heterocycles. The molecule has 6 heteroatoms. The van der Waals surface area contributed by atoms with Gasteiger partial charge in [-0.15, -0.1) is 0 Å². The fraction of sp³-hybridized carbons (Fsp3) is 0.389. The summed E-state index contributed by atoms with van der Waals surface area (Å²) in [5.41, 5.74) is 15.3. The molecule has 1 aromatic rings. The van der Waals surface area contributed by atoms with Crippen LogP contribution in [0.4, 0.5) is 0 Å². The molecule has 6 nitrogen and oxygen atoms in total. The van der Waals surface area contributed by atoms with Crippen LogP contribution in [0.1, 0.15) is 24.1 Å². The summed E-state index contributed by atoms with van der Waals surface area (Å²) in [5, 5.41) is 0. The van der Waals surface area contributed by atoms with Crippen LogP contribution in [0, 0.1) is 5.92 Å². The van der Waals surface area contributed by atoms with Crippen LogP contribution in [0.2, 0.25) is 0 Å². The van der Waals surface area contributed by atoms with Gasteiger partial charge in [-0.2, -0.15) is 0 Å². The van der Waals surface area contributed by atoms with Crippen LogP contribution in [0.15, 0.2) is 52.2 Å². The Morgan fingerprint density at radius 1 is 1.33 bits per heavy atom. The molecule has 2 aliphatic heterocycles. The maximum atomic E-state index is 6.15. The van der Waals surface area contributed by atoms with Gasteiger partial charge in [0.25, 0.3) is 0 Å². The second kappa shape index (κ2) is 7.07. The van der Waals surface area contributed by atoms with E-state index in [0.717, 1.165) is 48.5 Å². The lowest BCUT2D eigenvalue weighted by molar-refractivity contribution is 0.239. The van der Waals surface area contributed by atoms with Crippen LogP contribution in [-0.2, 0) is 6.54 Å². The molecule has 1 fully saturated rings. The average molecular weight is 324 g/mol. The van der Waals surface area contributed by atoms with Crippen LogP contribution >= 0.6 is 0 Å². The highest BCUT2D eigenvalue weighted by Gasteiger charge is 2.25. The average Bonchev–Trinajstić information content (AvgIpc) is 2.99. The van der Waals surface area contributed by atoms with Gasteiger partial charge in [0.1, 0.15) is 5.70 Å². The molecule has 0 spiro atoms. The molecular weight excluding hydrogens is 300 g/mol. The van der Waals surface area contributed by atoms with Gasteiger partial charge in [0.15, 0.2) is 11.7 Å². The van der Waals surface area contributed by atoms with Gasteiger partial charge in [0.05, 0.1) is 5.69 Å². The largest absolute Gasteiger partial charge is 0.382 e. The lowest BCUT2D eigenvalue weighted by Crippen LogP contribution is -2.31. The van der Waals surface area contributed by atoms with E-state index in [1.807, 2.05) is 18.2 Å². The van der Waals surface area contributed by atoms with E-state index in [2.05, 4.69) is 33.5 Å². The van der Waals surface area contributed by atoms with Gasteiger partial charge in [-0.3, -0.25) is 4.98 Å². The molecule has 3 rings (SSSR count). The minimum Gasteiger partial charge on any atom is -0.382 e. The predicted molar refractivity (Wildman–Crippen MR) is 97.7 cm³/mol. The lowest BCUT2D eigenvalue weighted by Gasteiger charge is -2.30. The number of hydrogen-bond donors (Lipinski definition) is 2. The number of piperidine rings is 1. The molecule has 2 aliphatic rings. The molecule has 0 amide bonds. The third-order valence-electron chi connectivity index (χ3n) is 4.63. The Morgan fingerprint density at radius 3 is 2.67 bits per heavy atom. The molecule has 4 N–H and O–H groups in total. The van der Waals surface area contributed by atoms with Gasteiger partial charge in [0.2, 0.25) is 0 Å². The first kappa shape index (κ1) is 16.5. The number of amidine groups is 2. The smallest absolute Gasteiger partial charge is 0.163 e. The Morgan fingerprint density at radius 2 is 2.08 bits per heavy atom. The van der Waals surface area contributed by atoms with E-state index in [9.17, 15) is 0 Å². The van der Waals surface area contributed by atoms with Gasteiger partial charge in [-0.25, -0.2) is 9.98 Å². The number of nitrogens with zero attached hydrogens (tertiary/aromatic N) is 4. The second-order valence-electron chi connectivity index (χ2n) is 6.26. The van der Waals surface area contributed by atoms with Crippen molar-refractivity contribution in [3.05, 3.63) is 53.5 Å². The predicted octanol–water partition coefficient (Wildman–Crippen LogP) is 1.44. The van der Waals surface area contributed by atoms with E-state index in [0.29, 0.717) is 24.1 Å². The van der Waals surface area contributed by atoms with Crippen molar-refractivity contribution in [2.45, 2.75) is 19.4 Å². The molecule has 0 unspecified atom stereocenters. The highest BCUT2D eigenvalue weighted by atomic mass is 15.1. The Bertz CT molecular complexity index is 706. The topological polar surface area (TPSA) is 92.9 Å². The van der Waals surface area contributed by atoms with Crippen molar-refractivity contribution < 1.29 is 0 Å². The summed E-state index contributed by atoms with van der Waals surface area (Å²) in [6.07, 6.45) is 5.80. The Balaban J connectivity index is 1.90. The normalized spacial score (nSPS) is 21.4. The maximum Gasteiger partial charge on any atom is 0.163 e. The van der Waals surface area contributed by atoms with E-state index in [4.69, 9.17) is 11.5 Å². The molecule has 0 atom stereocenters. The Kier molecular flexibility index (Phi) is 4.87. The van der Waals surface area contributed by atoms with Crippen molar-refractivity contribution in [1.29, 1.82) is 0 Å². The maximum absolute atomic E-state index is 6.15. The first-order chi connectivity index (χ1) is 11.6. The number of pyridine rings is 1. The van der Waals surface area contributed by atoms with Gasteiger partial charge >= 0.3 is 0 Å². The van der Waals surface area contributed by atoms with Crippen LogP contribution < -0.4 is 11.5 Å². The summed E-state index contributed by atoms with van der Waals surface area (Å²) in [6.45, 7) is 6.55. The summed E-state index contributed by atoms with van der Waals surface area (Å²) in [7, 11) is 2.15. The fourth-order valence-electron chi connectivity index (χ4n) is 3.15. The van der Waals surface area contributed by atoms with E-state index < -0.39 is 0 Å². The number of aromatic nitrogens is 1. The molecule has 0 bridgehead atoms. The molecule has 0 radical (unpaired) electrons. The van der Waals surface area contributed by atoms with E-state index in [-0.39, 0.29) is 0 Å². The minimum absolute atomic E-state index is 0.417. The number of hydrogen-bond acceptors (Lipinski definition) is 6.